The molecule has 0 aliphatic carbocycles. The number of alkyl halides is 2. The predicted octanol–water partition coefficient (Wildman–Crippen LogP) is 2.51. The molecule has 0 unspecified atom stereocenters. The Hall–Kier alpha value is -0.680. The van der Waals surface area contributed by atoms with Crippen LogP contribution in [0.5, 0.6) is 5.75 Å². The van der Waals surface area contributed by atoms with Crippen molar-refractivity contribution in [2.45, 2.75) is 13.2 Å². The zero-order chi connectivity index (χ0) is 9.84. The molecule has 0 saturated carbocycles. The maximum absolute atomic E-state index is 11.8. The van der Waals surface area contributed by atoms with Crippen LogP contribution in [0.3, 0.4) is 0 Å². The summed E-state index contributed by atoms with van der Waals surface area (Å²) in [6.07, 6.45) is 0. The number of hydrogen-bond donors (Lipinski definition) is 1. The Morgan fingerprint density at radius 2 is 2.08 bits per heavy atom. The second-order valence-corrected chi connectivity index (χ2v) is 3.29. The highest BCUT2D eigenvalue weighted by Crippen LogP contribution is 2.22. The maximum Gasteiger partial charge on any atom is 0.387 e. The molecule has 0 aromatic heterocycles. The lowest BCUT2D eigenvalue weighted by atomic mass is 10.2. The Kier molecular flexibility index (Phi) is 3.62. The maximum atomic E-state index is 11.8. The molecule has 1 aromatic carbocycles. The SMILES string of the molecule is NCc1cc(Br)cc(OC(F)F)c1. The Bertz CT molecular complexity index is 293. The molecule has 0 heterocycles. The highest BCUT2D eigenvalue weighted by Gasteiger charge is 2.05. The first-order valence-corrected chi connectivity index (χ1v) is 4.35. The molecule has 0 aliphatic rings. The molecule has 0 spiro atoms. The zero-order valence-corrected chi connectivity index (χ0v) is 8.22. The zero-order valence-electron chi connectivity index (χ0n) is 6.64. The van der Waals surface area contributed by atoms with Gasteiger partial charge >= 0.3 is 6.61 Å². The molecule has 1 rings (SSSR count). The van der Waals surface area contributed by atoms with Gasteiger partial charge in [0.1, 0.15) is 5.75 Å². The molecule has 0 aliphatic heterocycles. The molecule has 0 atom stereocenters. The summed E-state index contributed by atoms with van der Waals surface area (Å²) >= 11 is 3.16. The lowest BCUT2D eigenvalue weighted by molar-refractivity contribution is -0.0499. The smallest absolute Gasteiger partial charge is 0.387 e. The Balaban J connectivity index is 2.88. The average molecular weight is 252 g/mol. The van der Waals surface area contributed by atoms with E-state index >= 15 is 0 Å². The summed E-state index contributed by atoms with van der Waals surface area (Å²) < 4.78 is 28.5. The summed E-state index contributed by atoms with van der Waals surface area (Å²) in [5.74, 6) is 0.116. The van der Waals surface area contributed by atoms with Gasteiger partial charge in [0.2, 0.25) is 0 Å². The van der Waals surface area contributed by atoms with E-state index in [0.29, 0.717) is 11.0 Å². The Labute approximate surface area is 82.8 Å². The normalized spacial score (nSPS) is 10.5. The molecule has 0 fully saturated rings. The monoisotopic (exact) mass is 251 g/mol. The minimum absolute atomic E-state index is 0.116. The first-order chi connectivity index (χ1) is 6.11. The van der Waals surface area contributed by atoms with Crippen molar-refractivity contribution in [2.24, 2.45) is 5.73 Å². The van der Waals surface area contributed by atoms with E-state index in [4.69, 9.17) is 5.73 Å². The number of halogens is 3. The van der Waals surface area contributed by atoms with Gasteiger partial charge < -0.3 is 10.5 Å². The third-order valence-electron chi connectivity index (χ3n) is 1.39. The predicted molar refractivity (Wildman–Crippen MR) is 48.7 cm³/mol. The third kappa shape index (κ3) is 3.28. The van der Waals surface area contributed by atoms with Gasteiger partial charge in [0.25, 0.3) is 0 Å². The molecular formula is C8H8BrF2NO. The fourth-order valence-electron chi connectivity index (χ4n) is 0.909. The van der Waals surface area contributed by atoms with Crippen LogP contribution < -0.4 is 10.5 Å². The molecule has 0 bridgehead atoms. The van der Waals surface area contributed by atoms with E-state index in [1.54, 1.807) is 6.07 Å². The fraction of sp³-hybridized carbons (Fsp3) is 0.250. The molecule has 2 N–H and O–H groups in total. The minimum atomic E-state index is -2.81. The molecular weight excluding hydrogens is 244 g/mol. The quantitative estimate of drug-likeness (QED) is 0.896. The van der Waals surface area contributed by atoms with Gasteiger partial charge in [0.05, 0.1) is 0 Å². The van der Waals surface area contributed by atoms with Crippen LogP contribution in [0.1, 0.15) is 5.56 Å². The summed E-state index contributed by atoms with van der Waals surface area (Å²) in [7, 11) is 0. The lowest BCUT2D eigenvalue weighted by Gasteiger charge is -2.06. The van der Waals surface area contributed by atoms with Crippen LogP contribution in [-0.2, 0) is 6.54 Å². The van der Waals surface area contributed by atoms with Gasteiger partial charge in [0, 0.05) is 11.0 Å². The Morgan fingerprint density at radius 3 is 2.62 bits per heavy atom. The van der Waals surface area contributed by atoms with Crippen molar-refractivity contribution in [3.63, 3.8) is 0 Å². The van der Waals surface area contributed by atoms with Crippen LogP contribution >= 0.6 is 15.9 Å². The van der Waals surface area contributed by atoms with E-state index in [2.05, 4.69) is 20.7 Å². The molecule has 0 radical (unpaired) electrons. The average Bonchev–Trinajstić information content (AvgIpc) is 2.01. The van der Waals surface area contributed by atoms with Crippen LogP contribution in [0.2, 0.25) is 0 Å². The van der Waals surface area contributed by atoms with Crippen LogP contribution in [0.4, 0.5) is 8.78 Å². The van der Waals surface area contributed by atoms with Crippen LogP contribution in [0, 0.1) is 0 Å². The van der Waals surface area contributed by atoms with Gasteiger partial charge in [-0.3, -0.25) is 0 Å². The van der Waals surface area contributed by atoms with E-state index < -0.39 is 6.61 Å². The first-order valence-electron chi connectivity index (χ1n) is 3.56. The molecule has 72 valence electrons. The van der Waals surface area contributed by atoms with Crippen LogP contribution in [0.15, 0.2) is 22.7 Å². The topological polar surface area (TPSA) is 35.2 Å². The summed E-state index contributed by atoms with van der Waals surface area (Å²) in [6, 6.07) is 4.70. The summed E-state index contributed by atoms with van der Waals surface area (Å²) in [5.41, 5.74) is 6.10. The van der Waals surface area contributed by atoms with Crippen molar-refractivity contribution >= 4 is 15.9 Å². The van der Waals surface area contributed by atoms with Crippen molar-refractivity contribution in [3.05, 3.63) is 28.2 Å². The Morgan fingerprint density at radius 1 is 1.38 bits per heavy atom. The summed E-state index contributed by atoms with van der Waals surface area (Å²) in [6.45, 7) is -2.51. The third-order valence-corrected chi connectivity index (χ3v) is 1.85. The molecule has 1 aromatic rings. The second kappa shape index (κ2) is 4.53. The van der Waals surface area contributed by atoms with E-state index in [1.165, 1.54) is 12.1 Å². The molecule has 0 amide bonds. The second-order valence-electron chi connectivity index (χ2n) is 2.38. The minimum Gasteiger partial charge on any atom is -0.435 e. The molecule has 13 heavy (non-hydrogen) atoms. The van der Waals surface area contributed by atoms with Crippen molar-refractivity contribution in [1.82, 2.24) is 0 Å². The highest BCUT2D eigenvalue weighted by molar-refractivity contribution is 9.10. The number of benzene rings is 1. The lowest BCUT2D eigenvalue weighted by Crippen LogP contribution is -2.03. The standard InChI is InChI=1S/C8H8BrF2NO/c9-6-1-5(4-12)2-7(3-6)13-8(10)11/h1-3,8H,4,12H2. The van der Waals surface area contributed by atoms with Gasteiger partial charge in [-0.15, -0.1) is 0 Å². The van der Waals surface area contributed by atoms with Crippen molar-refractivity contribution in [2.75, 3.05) is 0 Å². The van der Waals surface area contributed by atoms with E-state index in [-0.39, 0.29) is 5.75 Å². The van der Waals surface area contributed by atoms with Crippen LogP contribution in [0.25, 0.3) is 0 Å². The summed E-state index contributed by atoms with van der Waals surface area (Å²) in [4.78, 5) is 0. The number of ether oxygens (including phenoxy) is 1. The van der Waals surface area contributed by atoms with Gasteiger partial charge in [-0.2, -0.15) is 8.78 Å². The van der Waals surface area contributed by atoms with Crippen LogP contribution in [-0.4, -0.2) is 6.61 Å². The van der Waals surface area contributed by atoms with E-state index in [1.807, 2.05) is 0 Å². The van der Waals surface area contributed by atoms with E-state index in [9.17, 15) is 8.78 Å². The van der Waals surface area contributed by atoms with Crippen molar-refractivity contribution in [3.8, 4) is 5.75 Å². The first kappa shape index (κ1) is 10.4. The molecule has 5 heteroatoms. The number of hydrogen-bond acceptors (Lipinski definition) is 2. The van der Waals surface area contributed by atoms with Crippen molar-refractivity contribution < 1.29 is 13.5 Å². The highest BCUT2D eigenvalue weighted by atomic mass is 79.9. The molecule has 2 nitrogen and oxygen atoms in total. The van der Waals surface area contributed by atoms with Gasteiger partial charge in [0.15, 0.2) is 0 Å². The fourth-order valence-corrected chi connectivity index (χ4v) is 1.43. The van der Waals surface area contributed by atoms with Gasteiger partial charge in [-0.05, 0) is 23.8 Å². The summed E-state index contributed by atoms with van der Waals surface area (Å²) in [5, 5.41) is 0. The molecule has 0 saturated heterocycles. The van der Waals surface area contributed by atoms with Crippen molar-refractivity contribution in [1.29, 1.82) is 0 Å². The van der Waals surface area contributed by atoms with E-state index in [0.717, 1.165) is 5.56 Å². The van der Waals surface area contributed by atoms with Gasteiger partial charge in [-0.25, -0.2) is 0 Å². The van der Waals surface area contributed by atoms with Gasteiger partial charge in [-0.1, -0.05) is 15.9 Å². The largest absolute Gasteiger partial charge is 0.435 e. The number of nitrogens with two attached hydrogens (primary N) is 1. The number of rotatable bonds is 3.